The van der Waals surface area contributed by atoms with Gasteiger partial charge >= 0.3 is 0 Å². The van der Waals surface area contributed by atoms with E-state index in [0.29, 0.717) is 12.1 Å². The van der Waals surface area contributed by atoms with Crippen LogP contribution in [0.25, 0.3) is 0 Å². The Kier molecular flexibility index (Phi) is 9.87. The average Bonchev–Trinajstić information content (AvgIpc) is 2.19. The molecule has 0 heterocycles. The summed E-state index contributed by atoms with van der Waals surface area (Å²) >= 11 is 3.52. The second kappa shape index (κ2) is 9.61. The van der Waals surface area contributed by atoms with Crippen molar-refractivity contribution in [3.63, 3.8) is 0 Å². The zero-order valence-electron chi connectivity index (χ0n) is 10.6. The number of ether oxygens (including phenoxy) is 1. The molecule has 0 bridgehead atoms. The van der Waals surface area contributed by atoms with E-state index in [1.54, 1.807) is 0 Å². The van der Waals surface area contributed by atoms with Gasteiger partial charge in [-0.25, -0.2) is 0 Å². The van der Waals surface area contributed by atoms with E-state index in [2.05, 4.69) is 48.5 Å². The number of rotatable bonds is 9. The quantitative estimate of drug-likeness (QED) is 0.601. The highest BCUT2D eigenvalue weighted by atomic mass is 79.9. The molecule has 0 unspecified atom stereocenters. The van der Waals surface area contributed by atoms with E-state index in [1.165, 1.54) is 12.8 Å². The van der Waals surface area contributed by atoms with Gasteiger partial charge in [0, 0.05) is 24.5 Å². The van der Waals surface area contributed by atoms with Crippen molar-refractivity contribution in [2.24, 2.45) is 0 Å². The lowest BCUT2D eigenvalue weighted by Crippen LogP contribution is -2.38. The van der Waals surface area contributed by atoms with Crippen molar-refractivity contribution >= 4 is 15.9 Å². The summed E-state index contributed by atoms with van der Waals surface area (Å²) < 4.78 is 5.60. The fraction of sp³-hybridized carbons (Fsp3) is 1.00. The number of hydrogen-bond acceptors (Lipinski definition) is 2. The first-order chi connectivity index (χ1) is 7.15. The molecule has 0 fully saturated rings. The molecule has 0 atom stereocenters. The third kappa shape index (κ3) is 7.31. The maximum absolute atomic E-state index is 5.60. The summed E-state index contributed by atoms with van der Waals surface area (Å²) in [6.07, 6.45) is 2.80. The number of halogens is 1. The van der Waals surface area contributed by atoms with E-state index < -0.39 is 0 Å². The van der Waals surface area contributed by atoms with Gasteiger partial charge in [-0.05, 0) is 26.7 Å². The summed E-state index contributed by atoms with van der Waals surface area (Å²) in [6, 6.07) is 0.707. The van der Waals surface area contributed by atoms with Crippen LogP contribution in [0.1, 0.15) is 40.5 Å². The Morgan fingerprint density at radius 1 is 1.13 bits per heavy atom. The van der Waals surface area contributed by atoms with E-state index in [9.17, 15) is 0 Å². The monoisotopic (exact) mass is 279 g/mol. The fourth-order valence-electron chi connectivity index (χ4n) is 1.80. The highest BCUT2D eigenvalue weighted by Gasteiger charge is 2.13. The molecule has 0 aliphatic carbocycles. The van der Waals surface area contributed by atoms with Gasteiger partial charge in [-0.1, -0.05) is 29.8 Å². The Balaban J connectivity index is 3.91. The first-order valence-corrected chi connectivity index (χ1v) is 7.19. The zero-order valence-corrected chi connectivity index (χ0v) is 12.2. The summed E-state index contributed by atoms with van der Waals surface area (Å²) in [7, 11) is 0. The predicted octanol–water partition coefficient (Wildman–Crippen LogP) is 3.30. The minimum absolute atomic E-state index is 0.345. The summed E-state index contributed by atoms with van der Waals surface area (Å²) in [4.78, 5) is 2.52. The standard InChI is InChI=1S/C12H26BrNO/c1-5-12(6-2)14(8-7-13)9-10-15-11(3)4/h11-12H,5-10H2,1-4H3. The topological polar surface area (TPSA) is 12.5 Å². The van der Waals surface area contributed by atoms with Gasteiger partial charge in [0.15, 0.2) is 0 Å². The normalized spacial score (nSPS) is 12.0. The minimum atomic E-state index is 0.345. The van der Waals surface area contributed by atoms with Crippen LogP contribution in [0.2, 0.25) is 0 Å². The van der Waals surface area contributed by atoms with Gasteiger partial charge in [-0.2, -0.15) is 0 Å². The molecular weight excluding hydrogens is 254 g/mol. The van der Waals surface area contributed by atoms with Crippen LogP contribution in [0.4, 0.5) is 0 Å². The molecule has 0 radical (unpaired) electrons. The van der Waals surface area contributed by atoms with Crippen molar-refractivity contribution < 1.29 is 4.74 Å². The van der Waals surface area contributed by atoms with Crippen LogP contribution in [0.3, 0.4) is 0 Å². The summed E-state index contributed by atoms with van der Waals surface area (Å²) in [5.41, 5.74) is 0. The lowest BCUT2D eigenvalue weighted by atomic mass is 10.1. The summed E-state index contributed by atoms with van der Waals surface area (Å²) in [6.45, 7) is 11.7. The van der Waals surface area contributed by atoms with E-state index in [0.717, 1.165) is 25.0 Å². The highest BCUT2D eigenvalue weighted by Crippen LogP contribution is 2.08. The Bertz CT molecular complexity index is 138. The first kappa shape index (κ1) is 15.4. The van der Waals surface area contributed by atoms with Crippen molar-refractivity contribution in [1.29, 1.82) is 0 Å². The molecule has 0 aromatic heterocycles. The number of hydrogen-bond donors (Lipinski definition) is 0. The molecular formula is C12H26BrNO. The lowest BCUT2D eigenvalue weighted by molar-refractivity contribution is 0.0494. The van der Waals surface area contributed by atoms with Gasteiger partial charge in [0.2, 0.25) is 0 Å². The van der Waals surface area contributed by atoms with Crippen LogP contribution in [0.5, 0.6) is 0 Å². The zero-order chi connectivity index (χ0) is 11.7. The molecule has 0 saturated carbocycles. The lowest BCUT2D eigenvalue weighted by Gasteiger charge is -2.29. The number of alkyl halides is 1. The molecule has 0 spiro atoms. The summed E-state index contributed by atoms with van der Waals surface area (Å²) in [5, 5.41) is 1.05. The molecule has 2 nitrogen and oxygen atoms in total. The Morgan fingerprint density at radius 2 is 1.73 bits per heavy atom. The van der Waals surface area contributed by atoms with E-state index >= 15 is 0 Å². The van der Waals surface area contributed by atoms with Crippen molar-refractivity contribution in [1.82, 2.24) is 4.90 Å². The largest absolute Gasteiger partial charge is 0.377 e. The molecule has 0 N–H and O–H groups in total. The van der Waals surface area contributed by atoms with E-state index in [4.69, 9.17) is 4.74 Å². The second-order valence-electron chi connectivity index (χ2n) is 4.11. The van der Waals surface area contributed by atoms with Crippen LogP contribution in [-0.2, 0) is 4.74 Å². The molecule has 0 saturated heterocycles. The maximum Gasteiger partial charge on any atom is 0.0597 e. The number of nitrogens with zero attached hydrogens (tertiary/aromatic N) is 1. The van der Waals surface area contributed by atoms with Crippen LogP contribution >= 0.6 is 15.9 Å². The van der Waals surface area contributed by atoms with E-state index in [1.807, 2.05) is 0 Å². The molecule has 0 rings (SSSR count). The van der Waals surface area contributed by atoms with Gasteiger partial charge < -0.3 is 4.74 Å². The summed E-state index contributed by atoms with van der Waals surface area (Å²) in [5.74, 6) is 0. The van der Waals surface area contributed by atoms with Crippen LogP contribution in [0, 0.1) is 0 Å². The molecule has 0 aromatic rings. The SMILES string of the molecule is CCC(CC)N(CCBr)CCOC(C)C. The van der Waals surface area contributed by atoms with Crippen LogP contribution in [0.15, 0.2) is 0 Å². The third-order valence-corrected chi connectivity index (χ3v) is 3.01. The van der Waals surface area contributed by atoms with Crippen molar-refractivity contribution in [3.05, 3.63) is 0 Å². The second-order valence-corrected chi connectivity index (χ2v) is 4.91. The van der Waals surface area contributed by atoms with Gasteiger partial charge in [0.1, 0.15) is 0 Å². The third-order valence-electron chi connectivity index (χ3n) is 2.66. The first-order valence-electron chi connectivity index (χ1n) is 6.07. The smallest absolute Gasteiger partial charge is 0.0597 e. The molecule has 0 aliphatic heterocycles. The van der Waals surface area contributed by atoms with Gasteiger partial charge in [0.25, 0.3) is 0 Å². The van der Waals surface area contributed by atoms with Crippen molar-refractivity contribution in [2.45, 2.75) is 52.7 Å². The van der Waals surface area contributed by atoms with Crippen LogP contribution < -0.4 is 0 Å². The molecule has 92 valence electrons. The Hall–Kier alpha value is 0.400. The molecule has 0 aromatic carbocycles. The van der Waals surface area contributed by atoms with Gasteiger partial charge in [0.05, 0.1) is 12.7 Å². The minimum Gasteiger partial charge on any atom is -0.377 e. The average molecular weight is 280 g/mol. The van der Waals surface area contributed by atoms with Gasteiger partial charge in [-0.3, -0.25) is 4.90 Å². The van der Waals surface area contributed by atoms with Crippen molar-refractivity contribution in [3.8, 4) is 0 Å². The highest BCUT2D eigenvalue weighted by molar-refractivity contribution is 9.09. The van der Waals surface area contributed by atoms with Crippen LogP contribution in [-0.4, -0.2) is 42.1 Å². The fourth-order valence-corrected chi connectivity index (χ4v) is 2.25. The van der Waals surface area contributed by atoms with Crippen molar-refractivity contribution in [2.75, 3.05) is 25.0 Å². The Labute approximate surface area is 103 Å². The molecule has 0 amide bonds. The Morgan fingerprint density at radius 3 is 2.13 bits per heavy atom. The molecule has 0 aliphatic rings. The van der Waals surface area contributed by atoms with Gasteiger partial charge in [-0.15, -0.1) is 0 Å². The predicted molar refractivity (Wildman–Crippen MR) is 70.8 cm³/mol. The molecule has 3 heteroatoms. The maximum atomic E-state index is 5.60. The molecule has 15 heavy (non-hydrogen) atoms. The van der Waals surface area contributed by atoms with E-state index in [-0.39, 0.29) is 0 Å².